The molecule has 108 valence electrons. The Morgan fingerprint density at radius 3 is 2.52 bits per heavy atom. The number of hydrogen-bond donors (Lipinski definition) is 2. The molecule has 0 heterocycles. The predicted octanol–water partition coefficient (Wildman–Crippen LogP) is 4.01. The smallest absolute Gasteiger partial charge is 0.337 e. The van der Waals surface area contributed by atoms with Gasteiger partial charge in [0.05, 0.1) is 21.8 Å². The maximum absolute atomic E-state index is 12.3. The Bertz CT molecular complexity index is 703. The molecule has 0 atom stereocenters. The first-order valence-corrected chi connectivity index (χ1v) is 7.60. The third kappa shape index (κ3) is 3.56. The maximum atomic E-state index is 12.3. The van der Waals surface area contributed by atoms with Crippen molar-refractivity contribution in [1.82, 2.24) is 0 Å². The van der Waals surface area contributed by atoms with Crippen molar-refractivity contribution in [3.63, 3.8) is 0 Å². The fourth-order valence-corrected chi connectivity index (χ4v) is 2.42. The molecule has 0 saturated carbocycles. The van der Waals surface area contributed by atoms with Gasteiger partial charge in [-0.25, -0.2) is 4.79 Å². The summed E-state index contributed by atoms with van der Waals surface area (Å²) in [4.78, 5) is 24.3. The summed E-state index contributed by atoms with van der Waals surface area (Å²) in [7, 11) is 0. The first kappa shape index (κ1) is 15.4. The summed E-state index contributed by atoms with van der Waals surface area (Å²) in [5.41, 5.74) is 0.576. The molecule has 0 radical (unpaired) electrons. The molecule has 2 aromatic rings. The van der Waals surface area contributed by atoms with Crippen LogP contribution in [0, 0.1) is 0 Å². The van der Waals surface area contributed by atoms with Crippen LogP contribution in [0.4, 0.5) is 5.69 Å². The average molecular weight is 322 g/mol. The van der Waals surface area contributed by atoms with Gasteiger partial charge in [-0.05, 0) is 36.6 Å². The third-order valence-electron chi connectivity index (χ3n) is 2.82. The number of rotatable bonds is 4. The second kappa shape index (κ2) is 6.65. The monoisotopic (exact) mass is 321 g/mol. The lowest BCUT2D eigenvalue weighted by Crippen LogP contribution is -2.15. The van der Waals surface area contributed by atoms with Gasteiger partial charge in [-0.15, -0.1) is 11.8 Å². The van der Waals surface area contributed by atoms with Crippen LogP contribution in [0.2, 0.25) is 5.02 Å². The molecule has 0 spiro atoms. The van der Waals surface area contributed by atoms with Gasteiger partial charge in [-0.1, -0.05) is 23.7 Å². The van der Waals surface area contributed by atoms with Crippen LogP contribution in [0.15, 0.2) is 47.4 Å². The van der Waals surface area contributed by atoms with E-state index in [0.29, 0.717) is 10.6 Å². The Balaban J connectivity index is 2.33. The van der Waals surface area contributed by atoms with Gasteiger partial charge in [-0.2, -0.15) is 0 Å². The van der Waals surface area contributed by atoms with E-state index in [1.807, 2.05) is 12.3 Å². The van der Waals surface area contributed by atoms with Crippen molar-refractivity contribution in [3.8, 4) is 0 Å². The van der Waals surface area contributed by atoms with E-state index in [1.54, 1.807) is 24.3 Å². The zero-order valence-corrected chi connectivity index (χ0v) is 12.7. The van der Waals surface area contributed by atoms with E-state index < -0.39 is 11.9 Å². The van der Waals surface area contributed by atoms with Crippen LogP contribution in [0.3, 0.4) is 0 Å². The van der Waals surface area contributed by atoms with Crippen molar-refractivity contribution >= 4 is 40.9 Å². The zero-order chi connectivity index (χ0) is 15.4. The number of nitrogens with one attached hydrogen (secondary N) is 1. The van der Waals surface area contributed by atoms with Gasteiger partial charge in [0.25, 0.3) is 5.91 Å². The molecule has 0 saturated heterocycles. The molecule has 0 aliphatic carbocycles. The van der Waals surface area contributed by atoms with E-state index in [-0.39, 0.29) is 11.3 Å². The zero-order valence-electron chi connectivity index (χ0n) is 11.1. The number of amides is 1. The number of halogens is 1. The molecule has 4 nitrogen and oxygen atoms in total. The molecule has 0 aliphatic heterocycles. The number of anilines is 1. The van der Waals surface area contributed by atoms with Crippen molar-refractivity contribution in [1.29, 1.82) is 0 Å². The predicted molar refractivity (Wildman–Crippen MR) is 84.6 cm³/mol. The van der Waals surface area contributed by atoms with Gasteiger partial charge in [0, 0.05) is 4.90 Å². The summed E-state index contributed by atoms with van der Waals surface area (Å²) in [6.45, 7) is 0. The molecular formula is C15H12ClNO3S. The van der Waals surface area contributed by atoms with Crippen LogP contribution in [-0.4, -0.2) is 23.2 Å². The number of thioether (sulfide) groups is 1. The van der Waals surface area contributed by atoms with E-state index in [4.69, 9.17) is 16.7 Å². The molecule has 21 heavy (non-hydrogen) atoms. The lowest BCUT2D eigenvalue weighted by Gasteiger charge is -2.10. The van der Waals surface area contributed by atoms with Crippen LogP contribution in [0.25, 0.3) is 0 Å². The Hall–Kier alpha value is -1.98. The highest BCUT2D eigenvalue weighted by Crippen LogP contribution is 2.24. The van der Waals surface area contributed by atoms with Gasteiger partial charge < -0.3 is 10.4 Å². The molecule has 0 aromatic heterocycles. The number of para-hydroxylation sites is 1. The van der Waals surface area contributed by atoms with Crippen LogP contribution >= 0.6 is 23.4 Å². The summed E-state index contributed by atoms with van der Waals surface area (Å²) < 4.78 is 0. The van der Waals surface area contributed by atoms with Gasteiger partial charge in [0.15, 0.2) is 0 Å². The highest BCUT2D eigenvalue weighted by Gasteiger charge is 2.15. The number of carbonyl (C=O) groups excluding carboxylic acids is 1. The van der Waals surface area contributed by atoms with Gasteiger partial charge in [-0.3, -0.25) is 4.79 Å². The quantitative estimate of drug-likeness (QED) is 0.835. The minimum Gasteiger partial charge on any atom is -0.478 e. The summed E-state index contributed by atoms with van der Waals surface area (Å²) in [6.07, 6.45) is 1.89. The lowest BCUT2D eigenvalue weighted by atomic mass is 10.1. The molecule has 0 unspecified atom stereocenters. The highest BCUT2D eigenvalue weighted by molar-refractivity contribution is 7.98. The van der Waals surface area contributed by atoms with Crippen molar-refractivity contribution in [2.75, 3.05) is 11.6 Å². The van der Waals surface area contributed by atoms with Crippen molar-refractivity contribution in [3.05, 3.63) is 58.6 Å². The summed E-state index contributed by atoms with van der Waals surface area (Å²) in [5.74, 6) is -1.54. The number of carboxylic acid groups (broad SMARTS) is 1. The SMILES string of the molecule is CSc1ccc(Cl)c(C(=O)Nc2ccccc2C(=O)O)c1. The number of carboxylic acids is 1. The standard InChI is InChI=1S/C15H12ClNO3S/c1-21-9-6-7-12(16)11(8-9)14(18)17-13-5-3-2-4-10(13)15(19)20/h2-8H,1H3,(H,17,18)(H,19,20). The molecular weight excluding hydrogens is 310 g/mol. The molecule has 0 aliphatic rings. The minimum absolute atomic E-state index is 0.0305. The largest absolute Gasteiger partial charge is 0.478 e. The topological polar surface area (TPSA) is 66.4 Å². The second-order valence-corrected chi connectivity index (χ2v) is 5.44. The van der Waals surface area contributed by atoms with Crippen molar-refractivity contribution in [2.24, 2.45) is 0 Å². The summed E-state index contributed by atoms with van der Waals surface area (Å²) in [6, 6.07) is 11.3. The van der Waals surface area contributed by atoms with E-state index in [2.05, 4.69) is 5.32 Å². The fraction of sp³-hybridized carbons (Fsp3) is 0.0667. The van der Waals surface area contributed by atoms with Crippen LogP contribution in [0.1, 0.15) is 20.7 Å². The Kier molecular flexibility index (Phi) is 4.88. The van der Waals surface area contributed by atoms with Crippen LogP contribution in [-0.2, 0) is 0 Å². The highest BCUT2D eigenvalue weighted by atomic mass is 35.5. The van der Waals surface area contributed by atoms with Gasteiger partial charge in [0.1, 0.15) is 0 Å². The number of carbonyl (C=O) groups is 2. The summed E-state index contributed by atoms with van der Waals surface area (Å²) >= 11 is 7.52. The summed E-state index contributed by atoms with van der Waals surface area (Å²) in [5, 5.41) is 12.0. The number of hydrogen-bond acceptors (Lipinski definition) is 3. The first-order chi connectivity index (χ1) is 10.0. The fourth-order valence-electron chi connectivity index (χ4n) is 1.77. The lowest BCUT2D eigenvalue weighted by molar-refractivity contribution is 0.0698. The Morgan fingerprint density at radius 2 is 1.86 bits per heavy atom. The van der Waals surface area contributed by atoms with E-state index in [9.17, 15) is 9.59 Å². The molecule has 2 aromatic carbocycles. The molecule has 0 bridgehead atoms. The normalized spacial score (nSPS) is 10.2. The van der Waals surface area contributed by atoms with E-state index in [1.165, 1.54) is 23.9 Å². The molecule has 2 rings (SSSR count). The Labute approximate surface area is 131 Å². The van der Waals surface area contributed by atoms with Crippen molar-refractivity contribution < 1.29 is 14.7 Å². The second-order valence-electron chi connectivity index (χ2n) is 4.15. The molecule has 1 amide bonds. The third-order valence-corrected chi connectivity index (χ3v) is 3.88. The van der Waals surface area contributed by atoms with E-state index >= 15 is 0 Å². The first-order valence-electron chi connectivity index (χ1n) is 6.00. The average Bonchev–Trinajstić information content (AvgIpc) is 2.48. The minimum atomic E-state index is -1.10. The number of benzene rings is 2. The van der Waals surface area contributed by atoms with Crippen LogP contribution < -0.4 is 5.32 Å². The van der Waals surface area contributed by atoms with Gasteiger partial charge in [0.2, 0.25) is 0 Å². The van der Waals surface area contributed by atoms with E-state index in [0.717, 1.165) is 4.90 Å². The Morgan fingerprint density at radius 1 is 1.14 bits per heavy atom. The van der Waals surface area contributed by atoms with Crippen LogP contribution in [0.5, 0.6) is 0 Å². The maximum Gasteiger partial charge on any atom is 0.337 e. The molecule has 0 fully saturated rings. The van der Waals surface area contributed by atoms with Gasteiger partial charge >= 0.3 is 5.97 Å². The number of aromatic carboxylic acids is 1. The van der Waals surface area contributed by atoms with Crippen molar-refractivity contribution in [2.45, 2.75) is 4.90 Å². The molecule has 2 N–H and O–H groups in total. The molecule has 6 heteroatoms.